The van der Waals surface area contributed by atoms with Gasteiger partial charge in [0, 0.05) is 16.4 Å². The molecule has 2 aliphatic rings. The van der Waals surface area contributed by atoms with Gasteiger partial charge >= 0.3 is 0 Å². The Kier molecular flexibility index (Phi) is 4.73. The summed E-state index contributed by atoms with van der Waals surface area (Å²) in [5, 5.41) is 5.05. The fraction of sp³-hybridized carbons (Fsp3) is 0.0732. The van der Waals surface area contributed by atoms with Crippen LogP contribution >= 0.6 is 0 Å². The van der Waals surface area contributed by atoms with Crippen LogP contribution in [-0.4, -0.2) is 0 Å². The van der Waals surface area contributed by atoms with Crippen molar-refractivity contribution >= 4 is 21.5 Å². The van der Waals surface area contributed by atoms with Crippen LogP contribution in [0.3, 0.4) is 0 Å². The Hall–Kier alpha value is -5.14. The van der Waals surface area contributed by atoms with Crippen LogP contribution in [0.4, 0.5) is 0 Å². The molecule has 1 aliphatic heterocycles. The predicted octanol–water partition coefficient (Wildman–Crippen LogP) is 11.4. The van der Waals surface area contributed by atoms with Crippen molar-refractivity contribution in [2.75, 3.05) is 0 Å². The molecule has 0 spiro atoms. The summed E-state index contributed by atoms with van der Waals surface area (Å²) in [6.45, 7) is 4.79. The molecule has 9 rings (SSSR count). The van der Waals surface area contributed by atoms with Crippen LogP contribution in [0.2, 0.25) is 0 Å². The Morgan fingerprint density at radius 2 is 1.21 bits per heavy atom. The van der Waals surface area contributed by atoms with Crippen LogP contribution in [0, 0.1) is 0 Å². The molecule has 0 saturated carbocycles. The van der Waals surface area contributed by atoms with E-state index in [0.29, 0.717) is 0 Å². The van der Waals surface area contributed by atoms with Crippen molar-refractivity contribution in [3.05, 3.63) is 145 Å². The maximum absolute atomic E-state index is 6.39. The van der Waals surface area contributed by atoms with Gasteiger partial charge in [0.1, 0.15) is 11.5 Å². The Bertz CT molecular complexity index is 2240. The number of fused-ring (bicyclic) bond motifs is 7. The Morgan fingerprint density at radius 3 is 2.12 bits per heavy atom. The van der Waals surface area contributed by atoms with Crippen LogP contribution < -0.4 is 4.74 Å². The molecule has 42 heavy (non-hydrogen) atoms. The zero-order chi connectivity index (χ0) is 28.0. The molecule has 1 heterocycles. The smallest absolute Gasteiger partial charge is 0.135 e. The van der Waals surface area contributed by atoms with Gasteiger partial charge in [0.15, 0.2) is 0 Å². The van der Waals surface area contributed by atoms with Gasteiger partial charge in [-0.25, -0.2) is 0 Å². The van der Waals surface area contributed by atoms with E-state index in [9.17, 15) is 0 Å². The molecule has 0 amide bonds. The van der Waals surface area contributed by atoms with E-state index < -0.39 is 0 Å². The van der Waals surface area contributed by atoms with E-state index in [-0.39, 0.29) is 5.41 Å². The molecule has 0 N–H and O–H groups in total. The molecule has 0 radical (unpaired) electrons. The lowest BCUT2D eigenvalue weighted by Gasteiger charge is -2.25. The number of rotatable bonds is 2. The molecule has 0 saturated heterocycles. The standard InChI is InChI=1S/C41H28O/c1-41(2)35-24-27(28-21-22-37-38-31(28)16-10-17-32(38)30-15-8-9-18-36(30)42-37)19-20-33(35)39-34(25-11-4-3-5-12-25)23-26-13-6-7-14-29(26)40(39)41/h3-24H,1-2H3. The SMILES string of the molecule is CC1(C)c2cc(-c3ccc4c5c(cccc35)-c3ccccc3O4)ccc2-c2c(-c3ccccc3)cc3ccccc3c21. The molecule has 1 aliphatic carbocycles. The summed E-state index contributed by atoms with van der Waals surface area (Å²) in [6, 6.07) is 48.6. The summed E-state index contributed by atoms with van der Waals surface area (Å²) in [5.41, 5.74) is 12.8. The predicted molar refractivity (Wildman–Crippen MR) is 175 cm³/mol. The number of benzene rings is 7. The molecule has 0 bridgehead atoms. The first-order valence-corrected chi connectivity index (χ1v) is 14.7. The Labute approximate surface area is 245 Å². The second-order valence-corrected chi connectivity index (χ2v) is 12.1. The summed E-state index contributed by atoms with van der Waals surface area (Å²) in [6.07, 6.45) is 0. The first-order valence-electron chi connectivity index (χ1n) is 14.7. The number of hydrogen-bond acceptors (Lipinski definition) is 1. The van der Waals surface area contributed by atoms with Crippen molar-refractivity contribution in [3.8, 4) is 56.0 Å². The molecule has 0 unspecified atom stereocenters. The minimum atomic E-state index is -0.153. The molecule has 198 valence electrons. The third kappa shape index (κ3) is 3.14. The zero-order valence-corrected chi connectivity index (χ0v) is 23.6. The monoisotopic (exact) mass is 536 g/mol. The van der Waals surface area contributed by atoms with Crippen LogP contribution in [0.5, 0.6) is 11.5 Å². The lowest BCUT2D eigenvalue weighted by atomic mass is 9.78. The highest BCUT2D eigenvalue weighted by atomic mass is 16.5. The topological polar surface area (TPSA) is 9.23 Å². The second kappa shape index (κ2) is 8.44. The number of hydrogen-bond donors (Lipinski definition) is 0. The van der Waals surface area contributed by atoms with Crippen LogP contribution in [-0.2, 0) is 5.41 Å². The highest BCUT2D eigenvalue weighted by Crippen LogP contribution is 2.56. The summed E-state index contributed by atoms with van der Waals surface area (Å²) in [5.74, 6) is 1.85. The summed E-state index contributed by atoms with van der Waals surface area (Å²) in [4.78, 5) is 0. The third-order valence-electron chi connectivity index (χ3n) is 9.43. The van der Waals surface area contributed by atoms with E-state index in [4.69, 9.17) is 4.74 Å². The van der Waals surface area contributed by atoms with Gasteiger partial charge in [0.25, 0.3) is 0 Å². The highest BCUT2D eigenvalue weighted by molar-refractivity contribution is 6.10. The maximum Gasteiger partial charge on any atom is 0.135 e. The maximum atomic E-state index is 6.39. The average molecular weight is 537 g/mol. The van der Waals surface area contributed by atoms with E-state index in [0.717, 1.165) is 17.1 Å². The first kappa shape index (κ1) is 23.6. The van der Waals surface area contributed by atoms with Crippen molar-refractivity contribution in [2.24, 2.45) is 0 Å². The van der Waals surface area contributed by atoms with Gasteiger partial charge in [0.2, 0.25) is 0 Å². The normalized spacial score (nSPS) is 13.9. The average Bonchev–Trinajstić information content (AvgIpc) is 3.28. The molecule has 7 aromatic carbocycles. The number of ether oxygens (including phenoxy) is 1. The summed E-state index contributed by atoms with van der Waals surface area (Å²) in [7, 11) is 0. The lowest BCUT2D eigenvalue weighted by molar-refractivity contribution is 0.487. The first-order chi connectivity index (χ1) is 20.6. The molecular weight excluding hydrogens is 508 g/mol. The largest absolute Gasteiger partial charge is 0.456 e. The van der Waals surface area contributed by atoms with Crippen molar-refractivity contribution in [1.82, 2.24) is 0 Å². The van der Waals surface area contributed by atoms with Gasteiger partial charge in [-0.1, -0.05) is 123 Å². The van der Waals surface area contributed by atoms with Crippen molar-refractivity contribution in [3.63, 3.8) is 0 Å². The van der Waals surface area contributed by atoms with E-state index >= 15 is 0 Å². The third-order valence-corrected chi connectivity index (χ3v) is 9.43. The highest BCUT2D eigenvalue weighted by Gasteiger charge is 2.39. The van der Waals surface area contributed by atoms with E-state index in [2.05, 4.69) is 141 Å². The Balaban J connectivity index is 1.29. The fourth-order valence-corrected chi connectivity index (χ4v) is 7.54. The second-order valence-electron chi connectivity index (χ2n) is 12.1. The molecule has 0 atom stereocenters. The van der Waals surface area contributed by atoms with Gasteiger partial charge < -0.3 is 4.74 Å². The van der Waals surface area contributed by atoms with Gasteiger partial charge in [-0.05, 0) is 90.5 Å². The minimum absolute atomic E-state index is 0.153. The van der Waals surface area contributed by atoms with Gasteiger partial charge in [0.05, 0.1) is 0 Å². The van der Waals surface area contributed by atoms with E-state index in [1.165, 1.54) is 71.6 Å². The van der Waals surface area contributed by atoms with E-state index in [1.807, 2.05) is 6.07 Å². The molecular formula is C41H28O. The van der Waals surface area contributed by atoms with Gasteiger partial charge in [-0.15, -0.1) is 0 Å². The van der Waals surface area contributed by atoms with Gasteiger partial charge in [-0.3, -0.25) is 0 Å². The van der Waals surface area contributed by atoms with E-state index in [1.54, 1.807) is 0 Å². The van der Waals surface area contributed by atoms with Gasteiger partial charge in [-0.2, -0.15) is 0 Å². The summed E-state index contributed by atoms with van der Waals surface area (Å²) < 4.78 is 6.39. The Morgan fingerprint density at radius 1 is 0.476 bits per heavy atom. The minimum Gasteiger partial charge on any atom is -0.456 e. The summed E-state index contributed by atoms with van der Waals surface area (Å²) >= 11 is 0. The quantitative estimate of drug-likeness (QED) is 0.213. The molecule has 1 heteroatoms. The van der Waals surface area contributed by atoms with Crippen LogP contribution in [0.25, 0.3) is 66.1 Å². The molecule has 0 aromatic heterocycles. The van der Waals surface area contributed by atoms with Crippen LogP contribution in [0.15, 0.2) is 133 Å². The van der Waals surface area contributed by atoms with Crippen molar-refractivity contribution in [2.45, 2.75) is 19.3 Å². The molecule has 7 aromatic rings. The van der Waals surface area contributed by atoms with Crippen molar-refractivity contribution < 1.29 is 4.74 Å². The fourth-order valence-electron chi connectivity index (χ4n) is 7.54. The molecule has 0 fully saturated rings. The van der Waals surface area contributed by atoms with Crippen molar-refractivity contribution in [1.29, 1.82) is 0 Å². The zero-order valence-electron chi connectivity index (χ0n) is 23.6. The number of para-hydroxylation sites is 1. The van der Waals surface area contributed by atoms with Crippen LogP contribution in [0.1, 0.15) is 25.0 Å². The lowest BCUT2D eigenvalue weighted by Crippen LogP contribution is -2.15. The molecule has 1 nitrogen and oxygen atoms in total.